The van der Waals surface area contributed by atoms with Gasteiger partial charge in [-0.1, -0.05) is 6.92 Å². The number of carbonyl (C=O) groups is 1. The van der Waals surface area contributed by atoms with Crippen molar-refractivity contribution >= 4 is 17.5 Å². The fourth-order valence-corrected chi connectivity index (χ4v) is 1.59. The highest BCUT2D eigenvalue weighted by molar-refractivity contribution is 5.76. The monoisotopic (exact) mass is 265 g/mol. The summed E-state index contributed by atoms with van der Waals surface area (Å²) in [5, 5.41) is 9.12. The van der Waals surface area contributed by atoms with E-state index in [-0.39, 0.29) is 5.91 Å². The number of amides is 1. The molecule has 0 radical (unpaired) electrons. The summed E-state index contributed by atoms with van der Waals surface area (Å²) in [5.74, 6) is 2.31. The molecule has 0 aliphatic rings. The summed E-state index contributed by atoms with van der Waals surface area (Å²) >= 11 is 0. The minimum Gasteiger partial charge on any atom is -0.370 e. The van der Waals surface area contributed by atoms with Crippen LogP contribution >= 0.6 is 0 Å². The van der Waals surface area contributed by atoms with Gasteiger partial charge >= 0.3 is 0 Å². The first kappa shape index (κ1) is 15.2. The highest BCUT2D eigenvalue weighted by Gasteiger charge is 2.03. The molecule has 1 aromatic heterocycles. The number of aromatic nitrogens is 2. The average Bonchev–Trinajstić information content (AvgIpc) is 2.36. The molecule has 0 fully saturated rings. The smallest absolute Gasteiger partial charge is 0.221 e. The second-order valence-corrected chi connectivity index (χ2v) is 4.24. The molecule has 1 aromatic rings. The van der Waals surface area contributed by atoms with Crippen molar-refractivity contribution < 1.29 is 4.79 Å². The average molecular weight is 265 g/mol. The normalized spacial score (nSPS) is 10.1. The molecule has 19 heavy (non-hydrogen) atoms. The van der Waals surface area contributed by atoms with Crippen LogP contribution in [0.1, 0.15) is 32.5 Å². The molecular weight excluding hydrogens is 242 g/mol. The van der Waals surface area contributed by atoms with Crippen LogP contribution in [0.25, 0.3) is 0 Å². The molecule has 0 bridgehead atoms. The number of hydrogen-bond donors (Lipinski definition) is 3. The number of anilines is 2. The lowest BCUT2D eigenvalue weighted by molar-refractivity contribution is -0.120. The zero-order valence-corrected chi connectivity index (χ0v) is 11.9. The molecule has 1 rings (SSSR count). The first-order valence-electron chi connectivity index (χ1n) is 6.75. The Morgan fingerprint density at radius 1 is 1.16 bits per heavy atom. The Hall–Kier alpha value is -1.85. The van der Waals surface area contributed by atoms with Crippen molar-refractivity contribution in [3.05, 3.63) is 11.9 Å². The van der Waals surface area contributed by atoms with E-state index >= 15 is 0 Å². The number of carbonyl (C=O) groups excluding carboxylic acids is 1. The number of rotatable bonds is 8. The number of aryl methyl sites for hydroxylation is 1. The molecule has 0 atom stereocenters. The van der Waals surface area contributed by atoms with Gasteiger partial charge in [0.1, 0.15) is 17.5 Å². The Bertz CT molecular complexity index is 408. The van der Waals surface area contributed by atoms with Gasteiger partial charge in [-0.25, -0.2) is 9.97 Å². The zero-order valence-electron chi connectivity index (χ0n) is 11.9. The molecule has 0 aliphatic carbocycles. The van der Waals surface area contributed by atoms with Gasteiger partial charge in [-0.2, -0.15) is 0 Å². The number of nitrogens with zero attached hydrogens (tertiary/aromatic N) is 2. The van der Waals surface area contributed by atoms with Crippen molar-refractivity contribution in [2.24, 2.45) is 0 Å². The molecule has 0 aromatic carbocycles. The molecule has 6 heteroatoms. The van der Waals surface area contributed by atoms with E-state index in [1.807, 2.05) is 26.8 Å². The summed E-state index contributed by atoms with van der Waals surface area (Å²) in [5.41, 5.74) is 0. The summed E-state index contributed by atoms with van der Waals surface area (Å²) in [6.45, 7) is 8.01. The van der Waals surface area contributed by atoms with E-state index in [4.69, 9.17) is 0 Å². The third kappa shape index (κ3) is 6.03. The molecule has 0 spiro atoms. The summed E-state index contributed by atoms with van der Waals surface area (Å²) in [6.07, 6.45) is 1.40. The van der Waals surface area contributed by atoms with Crippen LogP contribution in [-0.4, -0.2) is 35.5 Å². The predicted octanol–water partition coefficient (Wildman–Crippen LogP) is 1.55. The molecular formula is C13H23N5O. The molecule has 1 heterocycles. The SMILES string of the molecule is CCCNC(=O)CCNc1cc(NCC)nc(C)n1. The Balaban J connectivity index is 2.42. The van der Waals surface area contributed by atoms with Gasteiger partial charge in [0.2, 0.25) is 5.91 Å². The Kier molecular flexibility index (Phi) is 6.63. The molecule has 3 N–H and O–H groups in total. The van der Waals surface area contributed by atoms with Crippen LogP contribution in [0, 0.1) is 6.92 Å². The van der Waals surface area contributed by atoms with E-state index in [1.54, 1.807) is 0 Å². The van der Waals surface area contributed by atoms with Gasteiger partial charge in [-0.05, 0) is 20.3 Å². The second-order valence-electron chi connectivity index (χ2n) is 4.24. The highest BCUT2D eigenvalue weighted by atomic mass is 16.1. The van der Waals surface area contributed by atoms with Gasteiger partial charge in [-0.3, -0.25) is 4.79 Å². The van der Waals surface area contributed by atoms with E-state index in [9.17, 15) is 4.79 Å². The van der Waals surface area contributed by atoms with E-state index in [2.05, 4.69) is 25.9 Å². The molecule has 0 unspecified atom stereocenters. The van der Waals surface area contributed by atoms with Crippen molar-refractivity contribution in [2.75, 3.05) is 30.3 Å². The number of hydrogen-bond acceptors (Lipinski definition) is 5. The van der Waals surface area contributed by atoms with Crippen LogP contribution in [0.4, 0.5) is 11.6 Å². The van der Waals surface area contributed by atoms with Crippen LogP contribution in [0.15, 0.2) is 6.07 Å². The van der Waals surface area contributed by atoms with Crippen molar-refractivity contribution in [3.63, 3.8) is 0 Å². The summed E-state index contributed by atoms with van der Waals surface area (Å²) in [6, 6.07) is 1.85. The lowest BCUT2D eigenvalue weighted by Gasteiger charge is -2.09. The summed E-state index contributed by atoms with van der Waals surface area (Å²) < 4.78 is 0. The largest absolute Gasteiger partial charge is 0.370 e. The molecule has 0 saturated carbocycles. The van der Waals surface area contributed by atoms with Crippen LogP contribution in [0.2, 0.25) is 0 Å². The lowest BCUT2D eigenvalue weighted by atomic mass is 10.3. The Morgan fingerprint density at radius 3 is 2.47 bits per heavy atom. The quantitative estimate of drug-likeness (QED) is 0.664. The van der Waals surface area contributed by atoms with Crippen molar-refractivity contribution in [2.45, 2.75) is 33.6 Å². The molecule has 0 saturated heterocycles. The topological polar surface area (TPSA) is 78.9 Å². The minimum atomic E-state index is 0.0621. The fourth-order valence-electron chi connectivity index (χ4n) is 1.59. The van der Waals surface area contributed by atoms with Crippen molar-refractivity contribution in [1.29, 1.82) is 0 Å². The van der Waals surface area contributed by atoms with Crippen molar-refractivity contribution in [1.82, 2.24) is 15.3 Å². The molecule has 0 aliphatic heterocycles. The third-order valence-electron chi connectivity index (χ3n) is 2.43. The maximum absolute atomic E-state index is 11.4. The van der Waals surface area contributed by atoms with Crippen LogP contribution in [0.3, 0.4) is 0 Å². The van der Waals surface area contributed by atoms with Gasteiger partial charge in [0.05, 0.1) is 0 Å². The number of nitrogens with one attached hydrogen (secondary N) is 3. The molecule has 106 valence electrons. The Morgan fingerprint density at radius 2 is 1.84 bits per heavy atom. The van der Waals surface area contributed by atoms with Crippen LogP contribution in [0.5, 0.6) is 0 Å². The third-order valence-corrected chi connectivity index (χ3v) is 2.43. The van der Waals surface area contributed by atoms with E-state index in [1.165, 1.54) is 0 Å². The maximum Gasteiger partial charge on any atom is 0.221 e. The first-order chi connectivity index (χ1) is 9.15. The van der Waals surface area contributed by atoms with Gasteiger partial charge in [0, 0.05) is 32.1 Å². The van der Waals surface area contributed by atoms with Gasteiger partial charge in [0.25, 0.3) is 0 Å². The second kappa shape index (κ2) is 8.29. The molecule has 6 nitrogen and oxygen atoms in total. The Labute approximate surface area is 114 Å². The van der Waals surface area contributed by atoms with Gasteiger partial charge in [0.15, 0.2) is 0 Å². The fraction of sp³-hybridized carbons (Fsp3) is 0.615. The first-order valence-corrected chi connectivity index (χ1v) is 6.75. The van der Waals surface area contributed by atoms with E-state index in [0.717, 1.165) is 31.1 Å². The van der Waals surface area contributed by atoms with Crippen molar-refractivity contribution in [3.8, 4) is 0 Å². The summed E-state index contributed by atoms with van der Waals surface area (Å²) in [4.78, 5) is 20.0. The van der Waals surface area contributed by atoms with E-state index in [0.29, 0.717) is 18.8 Å². The van der Waals surface area contributed by atoms with Crippen LogP contribution < -0.4 is 16.0 Å². The maximum atomic E-state index is 11.4. The van der Waals surface area contributed by atoms with Gasteiger partial charge in [-0.15, -0.1) is 0 Å². The standard InChI is InChI=1S/C13H23N5O/c1-4-7-16-13(19)6-8-15-12-9-11(14-5-2)17-10(3)18-12/h9H,4-8H2,1-3H3,(H,16,19)(H2,14,15,17,18). The van der Waals surface area contributed by atoms with Gasteiger partial charge < -0.3 is 16.0 Å². The minimum absolute atomic E-state index is 0.0621. The zero-order chi connectivity index (χ0) is 14.1. The predicted molar refractivity (Wildman–Crippen MR) is 77.3 cm³/mol. The van der Waals surface area contributed by atoms with Crippen LogP contribution in [-0.2, 0) is 4.79 Å². The lowest BCUT2D eigenvalue weighted by Crippen LogP contribution is -2.26. The molecule has 1 amide bonds. The highest BCUT2D eigenvalue weighted by Crippen LogP contribution is 2.10. The summed E-state index contributed by atoms with van der Waals surface area (Å²) in [7, 11) is 0. The van der Waals surface area contributed by atoms with E-state index < -0.39 is 0 Å².